The number of hydrogen-bond acceptors (Lipinski definition) is 3. The second-order valence-corrected chi connectivity index (χ2v) is 3.09. The molecule has 1 aliphatic rings. The maximum absolute atomic E-state index is 11.0. The summed E-state index contributed by atoms with van der Waals surface area (Å²) in [5, 5.41) is 11.8. The third-order valence-electron chi connectivity index (χ3n) is 2.10. The highest BCUT2D eigenvalue weighted by atomic mass is 16.3. The number of nitrogens with one attached hydrogen (secondary N) is 1. The second kappa shape index (κ2) is 2.83. The van der Waals surface area contributed by atoms with Crippen LogP contribution in [0.2, 0.25) is 0 Å². The number of carbonyl (C=O) groups excluding carboxylic acids is 1. The summed E-state index contributed by atoms with van der Waals surface area (Å²) in [5.41, 5.74) is 7.64. The minimum atomic E-state index is -0.971. The van der Waals surface area contributed by atoms with Crippen LogP contribution in [0, 0.1) is 0 Å². The first-order valence-electron chi connectivity index (χ1n) is 4.03. The van der Waals surface area contributed by atoms with Gasteiger partial charge in [0.15, 0.2) is 0 Å². The zero-order chi connectivity index (χ0) is 9.42. The molecule has 1 unspecified atom stereocenters. The molecule has 4 heteroatoms. The molecule has 0 bridgehead atoms. The molecule has 1 aliphatic heterocycles. The predicted molar refractivity (Wildman–Crippen MR) is 47.9 cm³/mol. The van der Waals surface area contributed by atoms with E-state index in [-0.39, 0.29) is 5.91 Å². The highest BCUT2D eigenvalue weighted by Gasteiger charge is 2.18. The normalized spacial score (nSPS) is 16.6. The van der Waals surface area contributed by atoms with Gasteiger partial charge in [-0.1, -0.05) is 6.07 Å². The molecule has 68 valence electrons. The number of hydrogen-bond donors (Lipinski definition) is 3. The maximum atomic E-state index is 11.0. The van der Waals surface area contributed by atoms with E-state index in [0.717, 1.165) is 11.3 Å². The molecular weight excluding hydrogens is 168 g/mol. The van der Waals surface area contributed by atoms with Gasteiger partial charge in [0.1, 0.15) is 6.23 Å². The lowest BCUT2D eigenvalue weighted by Crippen LogP contribution is -2.08. The molecule has 0 aliphatic carbocycles. The molecule has 2 rings (SSSR count). The Kier molecular flexibility index (Phi) is 1.79. The van der Waals surface area contributed by atoms with Crippen LogP contribution in [0.4, 0.5) is 5.69 Å². The minimum Gasteiger partial charge on any atom is -0.375 e. The van der Waals surface area contributed by atoms with Gasteiger partial charge in [0.25, 0.3) is 0 Å². The third-order valence-corrected chi connectivity index (χ3v) is 2.10. The highest BCUT2D eigenvalue weighted by molar-refractivity contribution is 5.99. The maximum Gasteiger partial charge on any atom is 0.228 e. The van der Waals surface area contributed by atoms with Crippen LogP contribution in [-0.2, 0) is 11.2 Å². The van der Waals surface area contributed by atoms with Crippen molar-refractivity contribution >= 4 is 11.6 Å². The van der Waals surface area contributed by atoms with Gasteiger partial charge in [0.2, 0.25) is 5.91 Å². The summed E-state index contributed by atoms with van der Waals surface area (Å²) in [5.74, 6) is -0.0151. The first-order chi connectivity index (χ1) is 6.16. The van der Waals surface area contributed by atoms with Crippen molar-refractivity contribution in [1.82, 2.24) is 0 Å². The van der Waals surface area contributed by atoms with Crippen molar-refractivity contribution in [2.24, 2.45) is 5.73 Å². The lowest BCUT2D eigenvalue weighted by Gasteiger charge is -2.05. The van der Waals surface area contributed by atoms with E-state index < -0.39 is 6.23 Å². The first kappa shape index (κ1) is 8.22. The van der Waals surface area contributed by atoms with Crippen molar-refractivity contribution in [3.63, 3.8) is 0 Å². The summed E-state index contributed by atoms with van der Waals surface area (Å²) in [6.07, 6.45) is -0.600. The monoisotopic (exact) mass is 178 g/mol. The van der Waals surface area contributed by atoms with Gasteiger partial charge in [0.05, 0.1) is 6.42 Å². The molecule has 1 aromatic rings. The van der Waals surface area contributed by atoms with Gasteiger partial charge < -0.3 is 16.2 Å². The summed E-state index contributed by atoms with van der Waals surface area (Å²) < 4.78 is 0. The largest absolute Gasteiger partial charge is 0.375 e. The van der Waals surface area contributed by atoms with Gasteiger partial charge in [-0.15, -0.1) is 0 Å². The summed E-state index contributed by atoms with van der Waals surface area (Å²) in [7, 11) is 0. The van der Waals surface area contributed by atoms with Crippen LogP contribution in [0.5, 0.6) is 0 Å². The Hall–Kier alpha value is -1.39. The van der Waals surface area contributed by atoms with Crippen molar-refractivity contribution in [2.45, 2.75) is 12.6 Å². The fourth-order valence-corrected chi connectivity index (χ4v) is 1.43. The van der Waals surface area contributed by atoms with Gasteiger partial charge in [-0.3, -0.25) is 4.79 Å². The molecule has 0 radical (unpaired) electrons. The average molecular weight is 178 g/mol. The van der Waals surface area contributed by atoms with Crippen molar-refractivity contribution in [3.8, 4) is 0 Å². The number of rotatable bonds is 1. The summed E-state index contributed by atoms with van der Waals surface area (Å²) in [4.78, 5) is 11.0. The number of aliphatic hydroxyl groups excluding tert-OH is 1. The van der Waals surface area contributed by atoms with Crippen molar-refractivity contribution in [3.05, 3.63) is 29.3 Å². The van der Waals surface area contributed by atoms with Gasteiger partial charge in [-0.25, -0.2) is 0 Å². The van der Waals surface area contributed by atoms with Gasteiger partial charge in [-0.05, 0) is 23.3 Å². The van der Waals surface area contributed by atoms with Crippen LogP contribution in [-0.4, -0.2) is 11.0 Å². The van der Waals surface area contributed by atoms with E-state index in [1.54, 1.807) is 18.2 Å². The lowest BCUT2D eigenvalue weighted by atomic mass is 10.1. The molecule has 13 heavy (non-hydrogen) atoms. The van der Waals surface area contributed by atoms with E-state index in [1.165, 1.54) is 0 Å². The molecule has 0 aromatic heterocycles. The molecule has 0 saturated carbocycles. The fraction of sp³-hybridized carbons (Fsp3) is 0.222. The first-order valence-corrected chi connectivity index (χ1v) is 4.03. The lowest BCUT2D eigenvalue weighted by molar-refractivity contribution is -0.115. The smallest absolute Gasteiger partial charge is 0.228 e. The van der Waals surface area contributed by atoms with E-state index in [4.69, 9.17) is 10.8 Å². The molecule has 0 saturated heterocycles. The number of amides is 1. The Morgan fingerprint density at radius 2 is 2.31 bits per heavy atom. The number of fused-ring (bicyclic) bond motifs is 1. The molecule has 4 N–H and O–H groups in total. The van der Waals surface area contributed by atoms with E-state index in [1.807, 2.05) is 0 Å². The number of carbonyl (C=O) groups is 1. The predicted octanol–water partition coefficient (Wildman–Crippen LogP) is 0.131. The topological polar surface area (TPSA) is 75.3 Å². The quantitative estimate of drug-likeness (QED) is 0.535. The van der Waals surface area contributed by atoms with E-state index in [2.05, 4.69) is 5.32 Å². The van der Waals surface area contributed by atoms with E-state index in [0.29, 0.717) is 12.0 Å². The Morgan fingerprint density at radius 1 is 1.54 bits per heavy atom. The summed E-state index contributed by atoms with van der Waals surface area (Å²) >= 11 is 0. The average Bonchev–Trinajstić information content (AvgIpc) is 2.42. The number of anilines is 1. The number of benzene rings is 1. The molecule has 1 amide bonds. The zero-order valence-electron chi connectivity index (χ0n) is 6.95. The van der Waals surface area contributed by atoms with E-state index >= 15 is 0 Å². The Balaban J connectivity index is 2.40. The van der Waals surface area contributed by atoms with Crippen molar-refractivity contribution < 1.29 is 9.90 Å². The second-order valence-electron chi connectivity index (χ2n) is 3.09. The minimum absolute atomic E-state index is 0.0151. The number of aliphatic hydroxyl groups is 1. The van der Waals surface area contributed by atoms with Gasteiger partial charge in [0, 0.05) is 5.69 Å². The SMILES string of the molecule is NC(O)c1ccc2c(c1)CC(=O)N2. The van der Waals surface area contributed by atoms with Gasteiger partial charge >= 0.3 is 0 Å². The van der Waals surface area contributed by atoms with Crippen LogP contribution < -0.4 is 11.1 Å². The van der Waals surface area contributed by atoms with Crippen LogP contribution in [0.1, 0.15) is 17.4 Å². The summed E-state index contributed by atoms with van der Waals surface area (Å²) in [6.45, 7) is 0. The van der Waals surface area contributed by atoms with Crippen LogP contribution in [0.25, 0.3) is 0 Å². The van der Waals surface area contributed by atoms with Crippen LogP contribution in [0.3, 0.4) is 0 Å². The molecular formula is C9H10N2O2. The molecule has 1 heterocycles. The Morgan fingerprint density at radius 3 is 3.00 bits per heavy atom. The van der Waals surface area contributed by atoms with E-state index in [9.17, 15) is 4.79 Å². The zero-order valence-corrected chi connectivity index (χ0v) is 6.95. The van der Waals surface area contributed by atoms with Crippen LogP contribution >= 0.6 is 0 Å². The Bertz CT molecular complexity index is 361. The molecule has 1 aromatic carbocycles. The van der Waals surface area contributed by atoms with Crippen molar-refractivity contribution in [1.29, 1.82) is 0 Å². The van der Waals surface area contributed by atoms with Gasteiger partial charge in [-0.2, -0.15) is 0 Å². The highest BCUT2D eigenvalue weighted by Crippen LogP contribution is 2.25. The van der Waals surface area contributed by atoms with Crippen molar-refractivity contribution in [2.75, 3.05) is 5.32 Å². The fourth-order valence-electron chi connectivity index (χ4n) is 1.43. The molecule has 0 spiro atoms. The molecule has 1 atom stereocenters. The van der Waals surface area contributed by atoms with Crippen LogP contribution in [0.15, 0.2) is 18.2 Å². The standard InChI is InChI=1S/C9H10N2O2/c10-9(13)5-1-2-7-6(3-5)4-8(12)11-7/h1-3,9,13H,4,10H2,(H,11,12). The third kappa shape index (κ3) is 1.41. The molecule has 0 fully saturated rings. The summed E-state index contributed by atoms with van der Waals surface area (Å²) in [6, 6.07) is 5.21. The Labute approximate surface area is 75.4 Å². The number of nitrogens with two attached hydrogens (primary N) is 1. The molecule has 4 nitrogen and oxygen atoms in total.